The zero-order valence-corrected chi connectivity index (χ0v) is 17.4. The van der Waals surface area contributed by atoms with E-state index in [4.69, 9.17) is 0 Å². The van der Waals surface area contributed by atoms with Crippen molar-refractivity contribution in [1.82, 2.24) is 4.98 Å². The third kappa shape index (κ3) is 6.20. The summed E-state index contributed by atoms with van der Waals surface area (Å²) in [6, 6.07) is 14.9. The van der Waals surface area contributed by atoms with E-state index in [2.05, 4.69) is 31.5 Å². The van der Waals surface area contributed by atoms with Crippen LogP contribution in [0.4, 0.5) is 11.4 Å². The number of aromatic nitrogens is 1. The molecule has 1 aromatic heterocycles. The fourth-order valence-corrected chi connectivity index (χ4v) is 3.92. The first-order valence-corrected chi connectivity index (χ1v) is 10.9. The first kappa shape index (κ1) is 19.6. The van der Waals surface area contributed by atoms with Gasteiger partial charge in [-0.3, -0.25) is 9.59 Å². The largest absolute Gasteiger partial charge is 0.325 e. The summed E-state index contributed by atoms with van der Waals surface area (Å²) in [5.74, 6) is 0.138. The molecule has 0 saturated carbocycles. The third-order valence-corrected chi connectivity index (χ3v) is 5.67. The Morgan fingerprint density at radius 1 is 1.00 bits per heavy atom. The van der Waals surface area contributed by atoms with Gasteiger partial charge in [-0.15, -0.1) is 23.1 Å². The first-order valence-electron chi connectivity index (χ1n) is 8.03. The molecule has 0 saturated heterocycles. The van der Waals surface area contributed by atoms with E-state index in [0.717, 1.165) is 26.4 Å². The summed E-state index contributed by atoms with van der Waals surface area (Å²) >= 11 is 6.20. The maximum absolute atomic E-state index is 12.0. The van der Waals surface area contributed by atoms with Crippen molar-refractivity contribution in [3.63, 3.8) is 0 Å². The lowest BCUT2D eigenvalue weighted by Crippen LogP contribution is -2.18. The van der Waals surface area contributed by atoms with E-state index < -0.39 is 0 Å². The number of nitrogens with zero attached hydrogens (tertiary/aromatic N) is 1. The highest BCUT2D eigenvalue weighted by atomic mass is 79.9. The van der Waals surface area contributed by atoms with Crippen molar-refractivity contribution in [2.24, 2.45) is 0 Å². The lowest BCUT2D eigenvalue weighted by molar-refractivity contribution is -0.114. The molecule has 3 aromatic rings. The molecule has 8 heteroatoms. The molecule has 0 aliphatic carbocycles. The fraction of sp³-hybridized carbons (Fsp3) is 0.105. The highest BCUT2D eigenvalue weighted by molar-refractivity contribution is 9.10. The van der Waals surface area contributed by atoms with Crippen LogP contribution in [0.15, 0.2) is 64.6 Å². The molecule has 0 radical (unpaired) electrons. The van der Waals surface area contributed by atoms with Crippen LogP contribution in [0.5, 0.6) is 0 Å². The lowest BCUT2D eigenvalue weighted by atomic mass is 10.2. The zero-order valence-electron chi connectivity index (χ0n) is 14.1. The van der Waals surface area contributed by atoms with Crippen molar-refractivity contribution < 1.29 is 9.59 Å². The molecule has 0 spiro atoms. The molecule has 0 aliphatic heterocycles. The van der Waals surface area contributed by atoms with Crippen molar-refractivity contribution in [2.75, 3.05) is 22.1 Å². The minimum Gasteiger partial charge on any atom is -0.325 e. The number of thioether (sulfide) groups is 1. The summed E-state index contributed by atoms with van der Waals surface area (Å²) in [5.41, 5.74) is 2.46. The maximum Gasteiger partial charge on any atom is 0.234 e. The Kier molecular flexibility index (Phi) is 7.03. The van der Waals surface area contributed by atoms with E-state index in [9.17, 15) is 9.59 Å². The van der Waals surface area contributed by atoms with Crippen LogP contribution in [0.1, 0.15) is 0 Å². The SMILES string of the molecule is O=C(CSCC(=O)Nc1cccc(Br)c1)Nc1ccc(-c2nccs2)cc1. The number of anilines is 2. The van der Waals surface area contributed by atoms with Crippen molar-refractivity contribution in [3.8, 4) is 10.6 Å². The Hall–Kier alpha value is -2.16. The molecule has 5 nitrogen and oxygen atoms in total. The van der Waals surface area contributed by atoms with E-state index in [1.807, 2.05) is 53.9 Å². The standard InChI is InChI=1S/C19H16BrN3O2S2/c20-14-2-1-3-16(10-14)23-18(25)12-26-11-17(24)22-15-6-4-13(5-7-15)19-21-8-9-27-19/h1-10H,11-12H2,(H,22,24)(H,23,25). The normalized spacial score (nSPS) is 10.4. The topological polar surface area (TPSA) is 71.1 Å². The van der Waals surface area contributed by atoms with Gasteiger partial charge in [-0.05, 0) is 42.5 Å². The number of benzene rings is 2. The molecule has 27 heavy (non-hydrogen) atoms. The summed E-state index contributed by atoms with van der Waals surface area (Å²) in [6.45, 7) is 0. The number of carbonyl (C=O) groups excluding carboxylic acids is 2. The van der Waals surface area contributed by atoms with Gasteiger partial charge in [-0.25, -0.2) is 4.98 Å². The van der Waals surface area contributed by atoms with Gasteiger partial charge in [0, 0.05) is 33.0 Å². The summed E-state index contributed by atoms with van der Waals surface area (Å²) in [7, 11) is 0. The molecule has 0 aliphatic rings. The van der Waals surface area contributed by atoms with E-state index in [-0.39, 0.29) is 23.3 Å². The quantitative estimate of drug-likeness (QED) is 0.525. The van der Waals surface area contributed by atoms with E-state index >= 15 is 0 Å². The predicted octanol–water partition coefficient (Wildman–Crippen LogP) is 4.88. The van der Waals surface area contributed by atoms with Crippen molar-refractivity contribution >= 4 is 62.2 Å². The molecule has 0 fully saturated rings. The van der Waals surface area contributed by atoms with Gasteiger partial charge in [0.15, 0.2) is 0 Å². The Bertz CT molecular complexity index is 915. The molecule has 0 unspecified atom stereocenters. The molecular formula is C19H16BrN3O2S2. The fourth-order valence-electron chi connectivity index (χ4n) is 2.26. The summed E-state index contributed by atoms with van der Waals surface area (Å²) in [4.78, 5) is 28.2. The zero-order chi connectivity index (χ0) is 19.1. The number of thiazole rings is 1. The number of hydrogen-bond donors (Lipinski definition) is 2. The predicted molar refractivity (Wildman–Crippen MR) is 116 cm³/mol. The second kappa shape index (κ2) is 9.68. The first-order chi connectivity index (χ1) is 13.1. The highest BCUT2D eigenvalue weighted by Crippen LogP contribution is 2.23. The minimum absolute atomic E-state index is 0.140. The van der Waals surface area contributed by atoms with Crippen LogP contribution < -0.4 is 10.6 Å². The molecule has 0 atom stereocenters. The van der Waals surface area contributed by atoms with Crippen LogP contribution in [0.25, 0.3) is 10.6 Å². The van der Waals surface area contributed by atoms with Crippen molar-refractivity contribution in [1.29, 1.82) is 0 Å². The Balaban J connectivity index is 1.41. The number of hydrogen-bond acceptors (Lipinski definition) is 5. The van der Waals surface area contributed by atoms with Gasteiger partial charge in [-0.2, -0.15) is 0 Å². The smallest absolute Gasteiger partial charge is 0.234 e. The van der Waals surface area contributed by atoms with E-state index in [1.54, 1.807) is 17.5 Å². The maximum atomic E-state index is 12.0. The second-order valence-electron chi connectivity index (χ2n) is 5.51. The molecular weight excluding hydrogens is 446 g/mol. The van der Waals surface area contributed by atoms with Gasteiger partial charge < -0.3 is 10.6 Å². The van der Waals surface area contributed by atoms with Gasteiger partial charge in [0.05, 0.1) is 11.5 Å². The van der Waals surface area contributed by atoms with E-state index in [1.165, 1.54) is 11.8 Å². The van der Waals surface area contributed by atoms with Crippen LogP contribution in [0.3, 0.4) is 0 Å². The van der Waals surface area contributed by atoms with Crippen molar-refractivity contribution in [2.45, 2.75) is 0 Å². The van der Waals surface area contributed by atoms with Crippen LogP contribution in [0.2, 0.25) is 0 Å². The Morgan fingerprint density at radius 3 is 2.33 bits per heavy atom. The average Bonchev–Trinajstić information content (AvgIpc) is 3.17. The molecule has 3 rings (SSSR count). The second-order valence-corrected chi connectivity index (χ2v) is 8.31. The van der Waals surface area contributed by atoms with Crippen LogP contribution in [-0.2, 0) is 9.59 Å². The van der Waals surface area contributed by atoms with Gasteiger partial charge in [0.25, 0.3) is 0 Å². The molecule has 2 aromatic carbocycles. The molecule has 2 amide bonds. The third-order valence-electron chi connectivity index (χ3n) is 3.42. The van der Waals surface area contributed by atoms with Gasteiger partial charge in [-0.1, -0.05) is 22.0 Å². The monoisotopic (exact) mass is 461 g/mol. The number of amides is 2. The summed E-state index contributed by atoms with van der Waals surface area (Å²) in [6.07, 6.45) is 1.76. The Morgan fingerprint density at radius 2 is 1.70 bits per heavy atom. The molecule has 138 valence electrons. The van der Waals surface area contributed by atoms with Gasteiger partial charge in [0.2, 0.25) is 11.8 Å². The number of carbonyl (C=O) groups is 2. The summed E-state index contributed by atoms with van der Waals surface area (Å²) < 4.78 is 0.896. The van der Waals surface area contributed by atoms with E-state index in [0.29, 0.717) is 0 Å². The molecule has 2 N–H and O–H groups in total. The number of rotatable bonds is 7. The van der Waals surface area contributed by atoms with Crippen molar-refractivity contribution in [3.05, 3.63) is 64.6 Å². The van der Waals surface area contributed by atoms with Crippen LogP contribution in [0, 0.1) is 0 Å². The Labute approximate surface area is 173 Å². The minimum atomic E-state index is -0.141. The van der Waals surface area contributed by atoms with Gasteiger partial charge in [0.1, 0.15) is 5.01 Å². The lowest BCUT2D eigenvalue weighted by Gasteiger charge is -2.07. The molecule has 0 bridgehead atoms. The van der Waals surface area contributed by atoms with Crippen LogP contribution >= 0.6 is 39.0 Å². The number of nitrogens with one attached hydrogen (secondary N) is 2. The number of halogens is 1. The summed E-state index contributed by atoms with van der Waals surface area (Å²) in [5, 5.41) is 8.50. The van der Waals surface area contributed by atoms with Gasteiger partial charge >= 0.3 is 0 Å². The molecule has 1 heterocycles. The highest BCUT2D eigenvalue weighted by Gasteiger charge is 2.07. The van der Waals surface area contributed by atoms with Crippen LogP contribution in [-0.4, -0.2) is 28.3 Å². The average molecular weight is 462 g/mol.